The summed E-state index contributed by atoms with van der Waals surface area (Å²) in [6.45, 7) is 2.91. The maximum Gasteiger partial charge on any atom is 0.239 e. The van der Waals surface area contributed by atoms with Crippen LogP contribution in [0.5, 0.6) is 0 Å². The Morgan fingerprint density at radius 1 is 1.55 bits per heavy atom. The van der Waals surface area contributed by atoms with E-state index in [1.54, 1.807) is 14.0 Å². The molecule has 0 saturated heterocycles. The minimum absolute atomic E-state index is 0.0823. The van der Waals surface area contributed by atoms with Crippen LogP contribution >= 0.6 is 15.9 Å². The molecule has 1 atom stereocenters. The Hall–Kier alpha value is -1.11. The number of hydrogen-bond acceptors (Lipinski definition) is 4. The van der Waals surface area contributed by atoms with Gasteiger partial charge in [-0.05, 0) is 19.1 Å². The molecule has 1 aromatic carbocycles. The second-order valence-corrected chi connectivity index (χ2v) is 5.49. The van der Waals surface area contributed by atoms with E-state index < -0.39 is 6.10 Å². The van der Waals surface area contributed by atoms with Crippen LogP contribution in [0.15, 0.2) is 22.7 Å². The van der Waals surface area contributed by atoms with Crippen LogP contribution in [0.25, 0.3) is 0 Å². The monoisotopic (exact) mass is 344 g/mol. The first-order chi connectivity index (χ1) is 9.45. The van der Waals surface area contributed by atoms with Gasteiger partial charge in [0.05, 0.1) is 19.3 Å². The second-order valence-electron chi connectivity index (χ2n) is 4.58. The van der Waals surface area contributed by atoms with Crippen molar-refractivity contribution in [1.29, 1.82) is 0 Å². The maximum atomic E-state index is 11.8. The standard InChI is InChI=1S/C14H21BrN2O3/c1-10(18)12-5-4-11(15)8-13(12)17(2)9-14(19)16-6-7-20-3/h4-5,8,10,18H,6-7,9H2,1-3H3,(H,16,19). The molecular formula is C14H21BrN2O3. The van der Waals surface area contributed by atoms with Gasteiger partial charge in [-0.25, -0.2) is 0 Å². The summed E-state index contributed by atoms with van der Waals surface area (Å²) >= 11 is 3.41. The first-order valence-corrected chi connectivity index (χ1v) is 7.19. The zero-order valence-electron chi connectivity index (χ0n) is 12.0. The van der Waals surface area contributed by atoms with Crippen molar-refractivity contribution in [3.63, 3.8) is 0 Å². The number of anilines is 1. The molecule has 0 aromatic heterocycles. The molecule has 20 heavy (non-hydrogen) atoms. The van der Waals surface area contributed by atoms with E-state index in [0.29, 0.717) is 13.2 Å². The fraction of sp³-hybridized carbons (Fsp3) is 0.500. The lowest BCUT2D eigenvalue weighted by atomic mass is 10.1. The molecular weight excluding hydrogens is 324 g/mol. The van der Waals surface area contributed by atoms with Crippen molar-refractivity contribution in [1.82, 2.24) is 5.32 Å². The highest BCUT2D eigenvalue weighted by atomic mass is 79.9. The van der Waals surface area contributed by atoms with Gasteiger partial charge >= 0.3 is 0 Å². The van der Waals surface area contributed by atoms with E-state index in [9.17, 15) is 9.90 Å². The molecule has 1 unspecified atom stereocenters. The number of carbonyl (C=O) groups excluding carboxylic acids is 1. The lowest BCUT2D eigenvalue weighted by Crippen LogP contribution is -2.37. The van der Waals surface area contributed by atoms with Gasteiger partial charge in [0, 0.05) is 36.4 Å². The molecule has 2 N–H and O–H groups in total. The molecule has 0 aliphatic heterocycles. The van der Waals surface area contributed by atoms with Gasteiger partial charge in [-0.3, -0.25) is 4.79 Å². The Morgan fingerprint density at radius 3 is 2.85 bits per heavy atom. The summed E-state index contributed by atoms with van der Waals surface area (Å²) in [5.41, 5.74) is 1.62. The molecule has 0 spiro atoms. The Kier molecular flexibility index (Phi) is 6.98. The van der Waals surface area contributed by atoms with Crippen molar-refractivity contribution in [3.05, 3.63) is 28.2 Å². The predicted octanol–water partition coefficient (Wildman–Crippen LogP) is 1.70. The fourth-order valence-corrected chi connectivity index (χ4v) is 2.20. The molecule has 0 heterocycles. The van der Waals surface area contributed by atoms with E-state index in [0.717, 1.165) is 15.7 Å². The highest BCUT2D eigenvalue weighted by Gasteiger charge is 2.14. The average Bonchev–Trinajstić information content (AvgIpc) is 2.38. The molecule has 0 bridgehead atoms. The molecule has 1 amide bonds. The second kappa shape index (κ2) is 8.24. The third-order valence-corrected chi connectivity index (χ3v) is 3.36. The average molecular weight is 345 g/mol. The van der Waals surface area contributed by atoms with Crippen LogP contribution in [0.4, 0.5) is 5.69 Å². The third-order valence-electron chi connectivity index (χ3n) is 2.86. The number of nitrogens with one attached hydrogen (secondary N) is 1. The Labute approximate surface area is 128 Å². The first-order valence-electron chi connectivity index (χ1n) is 6.40. The number of ether oxygens (including phenoxy) is 1. The van der Waals surface area contributed by atoms with Crippen molar-refractivity contribution in [2.75, 3.05) is 38.8 Å². The van der Waals surface area contributed by atoms with Crippen LogP contribution in [0.1, 0.15) is 18.6 Å². The Morgan fingerprint density at radius 2 is 2.25 bits per heavy atom. The molecule has 0 aliphatic rings. The zero-order chi connectivity index (χ0) is 15.1. The van der Waals surface area contributed by atoms with Crippen molar-refractivity contribution in [2.24, 2.45) is 0 Å². The number of aliphatic hydroxyl groups is 1. The Bertz CT molecular complexity index is 452. The molecule has 1 rings (SSSR count). The van der Waals surface area contributed by atoms with Gasteiger partial charge in [0.15, 0.2) is 0 Å². The lowest BCUT2D eigenvalue weighted by Gasteiger charge is -2.23. The Balaban J connectivity index is 2.73. The molecule has 1 aromatic rings. The summed E-state index contributed by atoms with van der Waals surface area (Å²) in [5.74, 6) is -0.0823. The van der Waals surface area contributed by atoms with E-state index in [1.165, 1.54) is 0 Å². The quantitative estimate of drug-likeness (QED) is 0.739. The summed E-state index contributed by atoms with van der Waals surface area (Å²) in [5, 5.41) is 12.6. The van der Waals surface area contributed by atoms with Gasteiger partial charge in [-0.2, -0.15) is 0 Å². The number of benzene rings is 1. The number of carbonyl (C=O) groups is 1. The van der Waals surface area contributed by atoms with Gasteiger partial charge in [0.2, 0.25) is 5.91 Å². The summed E-state index contributed by atoms with van der Waals surface area (Å²) in [4.78, 5) is 13.6. The SMILES string of the molecule is COCCNC(=O)CN(C)c1cc(Br)ccc1C(C)O. The molecule has 0 saturated carbocycles. The number of methoxy groups -OCH3 is 1. The minimum Gasteiger partial charge on any atom is -0.389 e. The normalized spacial score (nSPS) is 12.1. The van der Waals surface area contributed by atoms with Crippen LogP contribution in [-0.2, 0) is 9.53 Å². The summed E-state index contributed by atoms with van der Waals surface area (Å²) in [7, 11) is 3.41. The summed E-state index contributed by atoms with van der Waals surface area (Å²) in [6.07, 6.45) is -0.586. The number of aliphatic hydroxyl groups excluding tert-OH is 1. The van der Waals surface area contributed by atoms with Crippen LogP contribution in [-0.4, -0.2) is 44.9 Å². The predicted molar refractivity (Wildman–Crippen MR) is 82.9 cm³/mol. The highest BCUT2D eigenvalue weighted by Crippen LogP contribution is 2.28. The van der Waals surface area contributed by atoms with Gasteiger partial charge in [0.25, 0.3) is 0 Å². The van der Waals surface area contributed by atoms with Gasteiger partial charge in [-0.1, -0.05) is 22.0 Å². The molecule has 0 radical (unpaired) electrons. The largest absolute Gasteiger partial charge is 0.389 e. The minimum atomic E-state index is -0.586. The first kappa shape index (κ1) is 16.9. The fourth-order valence-electron chi connectivity index (χ4n) is 1.85. The molecule has 112 valence electrons. The van der Waals surface area contributed by atoms with E-state index in [2.05, 4.69) is 21.2 Å². The summed E-state index contributed by atoms with van der Waals surface area (Å²) in [6, 6.07) is 5.62. The highest BCUT2D eigenvalue weighted by molar-refractivity contribution is 9.10. The molecule has 0 fully saturated rings. The smallest absolute Gasteiger partial charge is 0.239 e. The van der Waals surface area contributed by atoms with E-state index in [4.69, 9.17) is 4.74 Å². The maximum absolute atomic E-state index is 11.8. The number of amides is 1. The van der Waals surface area contributed by atoms with Crippen LogP contribution in [0.3, 0.4) is 0 Å². The molecule has 5 nitrogen and oxygen atoms in total. The van der Waals surface area contributed by atoms with Crippen molar-refractivity contribution >= 4 is 27.5 Å². The number of hydrogen-bond donors (Lipinski definition) is 2. The van der Waals surface area contributed by atoms with Crippen molar-refractivity contribution in [3.8, 4) is 0 Å². The zero-order valence-corrected chi connectivity index (χ0v) is 13.6. The summed E-state index contributed by atoms with van der Waals surface area (Å²) < 4.78 is 5.79. The van der Waals surface area contributed by atoms with Gasteiger partial charge < -0.3 is 20.1 Å². The van der Waals surface area contributed by atoms with Crippen molar-refractivity contribution < 1.29 is 14.6 Å². The van der Waals surface area contributed by atoms with E-state index in [-0.39, 0.29) is 12.5 Å². The van der Waals surface area contributed by atoms with E-state index >= 15 is 0 Å². The van der Waals surface area contributed by atoms with Crippen molar-refractivity contribution in [2.45, 2.75) is 13.0 Å². The molecule has 0 aliphatic carbocycles. The van der Waals surface area contributed by atoms with E-state index in [1.807, 2.05) is 30.1 Å². The number of rotatable bonds is 7. The lowest BCUT2D eigenvalue weighted by molar-refractivity contribution is -0.119. The topological polar surface area (TPSA) is 61.8 Å². The van der Waals surface area contributed by atoms with Crippen LogP contribution < -0.4 is 10.2 Å². The van der Waals surface area contributed by atoms with Gasteiger partial charge in [0.1, 0.15) is 0 Å². The third kappa shape index (κ3) is 5.11. The number of halogens is 1. The molecule has 6 heteroatoms. The van der Waals surface area contributed by atoms with Crippen LogP contribution in [0.2, 0.25) is 0 Å². The van der Waals surface area contributed by atoms with Crippen LogP contribution in [0, 0.1) is 0 Å². The number of likely N-dealkylation sites (N-methyl/N-ethyl adjacent to an activating group) is 1. The van der Waals surface area contributed by atoms with Gasteiger partial charge in [-0.15, -0.1) is 0 Å². The number of nitrogens with zero attached hydrogens (tertiary/aromatic N) is 1.